The molecule has 0 unspecified atom stereocenters. The predicted molar refractivity (Wildman–Crippen MR) is 127 cm³/mol. The minimum absolute atomic E-state index is 0.139. The standard InChI is InChI=1S/C27H24N2O4/c1-17-4-3-5-21(10-17)27(31)29(14-19-7-9-24-25(12-19)33-16-32-24)15-22-13-20-8-6-18(2)11-23(20)28-26(22)30/h3-13H,14-16H2,1-2H3,(H,28,30). The molecule has 1 aliphatic heterocycles. The summed E-state index contributed by atoms with van der Waals surface area (Å²) in [4.78, 5) is 31.0. The number of aromatic amines is 1. The van der Waals surface area contributed by atoms with Crippen molar-refractivity contribution in [1.29, 1.82) is 0 Å². The average molecular weight is 440 g/mol. The van der Waals surface area contributed by atoms with Crippen molar-refractivity contribution in [1.82, 2.24) is 9.88 Å². The molecule has 0 bridgehead atoms. The van der Waals surface area contributed by atoms with Gasteiger partial charge < -0.3 is 19.4 Å². The van der Waals surface area contributed by atoms with Crippen molar-refractivity contribution in [2.45, 2.75) is 26.9 Å². The number of carbonyl (C=O) groups is 1. The van der Waals surface area contributed by atoms with Crippen LogP contribution in [0, 0.1) is 13.8 Å². The van der Waals surface area contributed by atoms with E-state index in [4.69, 9.17) is 9.47 Å². The van der Waals surface area contributed by atoms with Crippen molar-refractivity contribution >= 4 is 16.8 Å². The van der Waals surface area contributed by atoms with Crippen LogP contribution in [0.5, 0.6) is 11.5 Å². The van der Waals surface area contributed by atoms with Crippen molar-refractivity contribution in [3.8, 4) is 11.5 Å². The summed E-state index contributed by atoms with van der Waals surface area (Å²) in [6.45, 7) is 4.64. The van der Waals surface area contributed by atoms with Gasteiger partial charge >= 0.3 is 0 Å². The van der Waals surface area contributed by atoms with E-state index in [9.17, 15) is 9.59 Å². The highest BCUT2D eigenvalue weighted by Crippen LogP contribution is 2.33. The third-order valence-corrected chi connectivity index (χ3v) is 5.80. The Morgan fingerprint density at radius 2 is 1.73 bits per heavy atom. The van der Waals surface area contributed by atoms with E-state index in [1.807, 2.05) is 74.5 Å². The molecule has 1 N–H and O–H groups in total. The van der Waals surface area contributed by atoms with Gasteiger partial charge in [-0.15, -0.1) is 0 Å². The van der Waals surface area contributed by atoms with Gasteiger partial charge in [-0.25, -0.2) is 0 Å². The van der Waals surface area contributed by atoms with Crippen LogP contribution in [0.2, 0.25) is 0 Å². The topological polar surface area (TPSA) is 71.6 Å². The van der Waals surface area contributed by atoms with Crippen LogP contribution in [0.15, 0.2) is 71.5 Å². The predicted octanol–water partition coefficient (Wildman–Crippen LogP) is 4.72. The fourth-order valence-electron chi connectivity index (χ4n) is 4.10. The van der Waals surface area contributed by atoms with Crippen molar-refractivity contribution in [2.24, 2.45) is 0 Å². The van der Waals surface area contributed by atoms with E-state index >= 15 is 0 Å². The number of amides is 1. The largest absolute Gasteiger partial charge is 0.454 e. The molecule has 0 atom stereocenters. The monoisotopic (exact) mass is 440 g/mol. The molecule has 0 spiro atoms. The maximum absolute atomic E-state index is 13.5. The lowest BCUT2D eigenvalue weighted by atomic mass is 10.1. The molecule has 5 rings (SSSR count). The highest BCUT2D eigenvalue weighted by atomic mass is 16.7. The number of hydrogen-bond acceptors (Lipinski definition) is 4. The Morgan fingerprint density at radius 3 is 2.58 bits per heavy atom. The zero-order chi connectivity index (χ0) is 22.9. The zero-order valence-corrected chi connectivity index (χ0v) is 18.6. The molecular formula is C27H24N2O4. The third kappa shape index (κ3) is 4.32. The Bertz CT molecular complexity index is 1420. The molecule has 0 aliphatic carbocycles. The zero-order valence-electron chi connectivity index (χ0n) is 18.6. The smallest absolute Gasteiger partial charge is 0.254 e. The van der Waals surface area contributed by atoms with Gasteiger partial charge in [0, 0.05) is 23.2 Å². The summed E-state index contributed by atoms with van der Waals surface area (Å²) < 4.78 is 10.9. The third-order valence-electron chi connectivity index (χ3n) is 5.80. The maximum atomic E-state index is 13.5. The van der Waals surface area contributed by atoms with Gasteiger partial charge in [0.05, 0.1) is 6.54 Å². The molecule has 2 heterocycles. The molecule has 3 aromatic carbocycles. The normalized spacial score (nSPS) is 12.2. The van der Waals surface area contributed by atoms with Gasteiger partial charge in [0.2, 0.25) is 6.79 Å². The molecular weight excluding hydrogens is 416 g/mol. The van der Waals surface area contributed by atoms with Crippen LogP contribution >= 0.6 is 0 Å². The number of hydrogen-bond donors (Lipinski definition) is 1. The Kier molecular flexibility index (Phi) is 5.34. The molecule has 1 aliphatic rings. The summed E-state index contributed by atoms with van der Waals surface area (Å²) in [5.74, 6) is 1.21. The minimum atomic E-state index is -0.194. The van der Waals surface area contributed by atoms with Gasteiger partial charge in [-0.3, -0.25) is 9.59 Å². The van der Waals surface area contributed by atoms with E-state index in [0.717, 1.165) is 27.6 Å². The lowest BCUT2D eigenvalue weighted by Gasteiger charge is -2.23. The van der Waals surface area contributed by atoms with Crippen LogP contribution in [-0.4, -0.2) is 22.6 Å². The highest BCUT2D eigenvalue weighted by Gasteiger charge is 2.20. The molecule has 0 saturated carbocycles. The number of H-pyrrole nitrogens is 1. The fourth-order valence-corrected chi connectivity index (χ4v) is 4.10. The number of nitrogens with zero attached hydrogens (tertiary/aromatic N) is 1. The molecule has 0 radical (unpaired) electrons. The molecule has 4 aromatic rings. The van der Waals surface area contributed by atoms with E-state index in [1.54, 1.807) is 11.0 Å². The fraction of sp³-hybridized carbons (Fsp3) is 0.185. The second kappa shape index (κ2) is 8.47. The minimum Gasteiger partial charge on any atom is -0.454 e. The first-order chi connectivity index (χ1) is 16.0. The van der Waals surface area contributed by atoms with E-state index in [2.05, 4.69) is 4.98 Å². The van der Waals surface area contributed by atoms with Gasteiger partial charge in [-0.2, -0.15) is 0 Å². The summed E-state index contributed by atoms with van der Waals surface area (Å²) in [5, 5.41) is 0.932. The second-order valence-electron chi connectivity index (χ2n) is 8.43. The first kappa shape index (κ1) is 20.8. The SMILES string of the molecule is Cc1cccc(C(=O)N(Cc2ccc3c(c2)OCO3)Cc2cc3ccc(C)cc3[nH]c2=O)c1. The number of fused-ring (bicyclic) bond motifs is 2. The molecule has 0 fully saturated rings. The molecule has 166 valence electrons. The van der Waals surface area contributed by atoms with Crippen molar-refractivity contribution in [3.63, 3.8) is 0 Å². The van der Waals surface area contributed by atoms with Crippen molar-refractivity contribution in [3.05, 3.63) is 105 Å². The molecule has 33 heavy (non-hydrogen) atoms. The lowest BCUT2D eigenvalue weighted by Crippen LogP contribution is -2.32. The number of aryl methyl sites for hydroxylation is 2. The Morgan fingerprint density at radius 1 is 0.909 bits per heavy atom. The van der Waals surface area contributed by atoms with Crippen molar-refractivity contribution in [2.75, 3.05) is 6.79 Å². The average Bonchev–Trinajstić information content (AvgIpc) is 3.26. The second-order valence-corrected chi connectivity index (χ2v) is 8.43. The van der Waals surface area contributed by atoms with Gasteiger partial charge in [0.25, 0.3) is 11.5 Å². The van der Waals surface area contributed by atoms with E-state index in [0.29, 0.717) is 29.2 Å². The Balaban J connectivity index is 1.51. The van der Waals surface area contributed by atoms with Gasteiger partial charge in [-0.1, -0.05) is 35.9 Å². The van der Waals surface area contributed by atoms with Crippen LogP contribution in [-0.2, 0) is 13.1 Å². The van der Waals surface area contributed by atoms with Gasteiger partial charge in [0.1, 0.15) is 0 Å². The quantitative estimate of drug-likeness (QED) is 0.488. The number of pyridine rings is 1. The molecule has 1 amide bonds. The molecule has 6 heteroatoms. The Labute approximate surface area is 191 Å². The van der Waals surface area contributed by atoms with Gasteiger partial charge in [0.15, 0.2) is 11.5 Å². The van der Waals surface area contributed by atoms with Crippen LogP contribution in [0.1, 0.15) is 32.6 Å². The number of nitrogens with one attached hydrogen (secondary N) is 1. The number of aromatic nitrogens is 1. The lowest BCUT2D eigenvalue weighted by molar-refractivity contribution is 0.0729. The van der Waals surface area contributed by atoms with E-state index in [-0.39, 0.29) is 24.8 Å². The molecule has 1 aromatic heterocycles. The summed E-state index contributed by atoms with van der Waals surface area (Å²) in [7, 11) is 0. The first-order valence-electron chi connectivity index (χ1n) is 10.8. The highest BCUT2D eigenvalue weighted by molar-refractivity contribution is 5.94. The van der Waals surface area contributed by atoms with Crippen LogP contribution < -0.4 is 15.0 Å². The summed E-state index contributed by atoms with van der Waals surface area (Å²) in [6, 6.07) is 20.9. The summed E-state index contributed by atoms with van der Waals surface area (Å²) in [5.41, 5.74) is 4.69. The van der Waals surface area contributed by atoms with Crippen LogP contribution in [0.25, 0.3) is 10.9 Å². The Hall–Kier alpha value is -4.06. The van der Waals surface area contributed by atoms with Crippen LogP contribution in [0.4, 0.5) is 0 Å². The number of benzene rings is 3. The van der Waals surface area contributed by atoms with E-state index < -0.39 is 0 Å². The number of carbonyl (C=O) groups excluding carboxylic acids is 1. The first-order valence-corrected chi connectivity index (χ1v) is 10.8. The summed E-state index contributed by atoms with van der Waals surface area (Å²) in [6.07, 6.45) is 0. The van der Waals surface area contributed by atoms with E-state index in [1.165, 1.54) is 0 Å². The summed E-state index contributed by atoms with van der Waals surface area (Å²) >= 11 is 0. The van der Waals surface area contributed by atoms with Crippen LogP contribution in [0.3, 0.4) is 0 Å². The number of ether oxygens (including phenoxy) is 2. The maximum Gasteiger partial charge on any atom is 0.254 e. The number of rotatable bonds is 5. The van der Waals surface area contributed by atoms with Crippen molar-refractivity contribution < 1.29 is 14.3 Å². The molecule has 6 nitrogen and oxygen atoms in total. The molecule has 0 saturated heterocycles. The van der Waals surface area contributed by atoms with Gasteiger partial charge in [-0.05, 0) is 66.8 Å².